The minimum atomic E-state index is -0.798. The van der Waals surface area contributed by atoms with Crippen molar-refractivity contribution in [2.75, 3.05) is 4.90 Å². The number of ketones is 1. The van der Waals surface area contributed by atoms with Crippen LogP contribution in [-0.4, -0.2) is 21.8 Å². The van der Waals surface area contributed by atoms with Crippen LogP contribution in [0.1, 0.15) is 22.7 Å². The van der Waals surface area contributed by atoms with E-state index in [4.69, 9.17) is 11.6 Å². The van der Waals surface area contributed by atoms with Crippen LogP contribution >= 0.6 is 22.9 Å². The maximum Gasteiger partial charge on any atom is 0.301 e. The minimum Gasteiger partial charge on any atom is -0.507 e. The Morgan fingerprint density at radius 3 is 2.47 bits per heavy atom. The Labute approximate surface area is 193 Å². The van der Waals surface area contributed by atoms with Crippen LogP contribution in [0.25, 0.3) is 16.0 Å². The first-order valence-corrected chi connectivity index (χ1v) is 11.1. The third-order valence-electron chi connectivity index (χ3n) is 5.43. The zero-order valence-electron chi connectivity index (χ0n) is 16.9. The van der Waals surface area contributed by atoms with Gasteiger partial charge in [0.05, 0.1) is 21.8 Å². The number of carbonyl (C=O) groups is 2. The van der Waals surface area contributed by atoms with E-state index in [0.29, 0.717) is 26.8 Å². The Hall–Kier alpha value is -3.48. The molecule has 2 heterocycles. The van der Waals surface area contributed by atoms with Crippen molar-refractivity contribution in [1.29, 1.82) is 0 Å². The van der Waals surface area contributed by atoms with Gasteiger partial charge in [-0.1, -0.05) is 83.1 Å². The molecule has 1 aromatic heterocycles. The molecule has 1 fully saturated rings. The van der Waals surface area contributed by atoms with Crippen LogP contribution in [0.2, 0.25) is 5.02 Å². The highest BCUT2D eigenvalue weighted by Gasteiger charge is 2.48. The molecule has 0 radical (unpaired) electrons. The van der Waals surface area contributed by atoms with E-state index < -0.39 is 17.7 Å². The fourth-order valence-electron chi connectivity index (χ4n) is 3.84. The number of aliphatic hydroxyl groups excluding tert-OH is 1. The summed E-state index contributed by atoms with van der Waals surface area (Å²) >= 11 is 7.39. The molecule has 1 amide bonds. The van der Waals surface area contributed by atoms with E-state index in [1.54, 1.807) is 30.3 Å². The molecule has 0 saturated carbocycles. The molecule has 158 valence electrons. The summed E-state index contributed by atoms with van der Waals surface area (Å²) in [7, 11) is 0. The van der Waals surface area contributed by atoms with E-state index in [0.717, 1.165) is 10.3 Å². The molecule has 3 aromatic carbocycles. The molecule has 1 N–H and O–H groups in total. The number of aryl methyl sites for hydroxylation is 1. The highest BCUT2D eigenvalue weighted by molar-refractivity contribution is 7.22. The number of aliphatic hydroxyl groups is 1. The molecule has 5 nitrogen and oxygen atoms in total. The summed E-state index contributed by atoms with van der Waals surface area (Å²) in [5, 5.41) is 12.1. The number of amides is 1. The summed E-state index contributed by atoms with van der Waals surface area (Å²) < 4.78 is 0.805. The van der Waals surface area contributed by atoms with E-state index in [1.165, 1.54) is 16.2 Å². The van der Waals surface area contributed by atoms with Crippen molar-refractivity contribution in [3.8, 4) is 0 Å². The summed E-state index contributed by atoms with van der Waals surface area (Å²) in [5.41, 5.74) is 2.93. The first-order valence-electron chi connectivity index (χ1n) is 9.93. The highest BCUT2D eigenvalue weighted by atomic mass is 35.5. The van der Waals surface area contributed by atoms with Gasteiger partial charge < -0.3 is 5.11 Å². The average Bonchev–Trinajstić information content (AvgIpc) is 3.32. The molecule has 32 heavy (non-hydrogen) atoms. The van der Waals surface area contributed by atoms with E-state index in [9.17, 15) is 14.7 Å². The zero-order valence-corrected chi connectivity index (χ0v) is 18.5. The van der Waals surface area contributed by atoms with Crippen molar-refractivity contribution < 1.29 is 14.7 Å². The van der Waals surface area contributed by atoms with Crippen LogP contribution in [0.3, 0.4) is 0 Å². The summed E-state index contributed by atoms with van der Waals surface area (Å²) in [6.07, 6.45) is 0. The number of halogens is 1. The van der Waals surface area contributed by atoms with Crippen molar-refractivity contribution in [1.82, 2.24) is 4.98 Å². The first kappa shape index (κ1) is 20.4. The normalized spacial score (nSPS) is 17.9. The fraction of sp³-hybridized carbons (Fsp3) is 0.0800. The average molecular weight is 461 g/mol. The summed E-state index contributed by atoms with van der Waals surface area (Å²) in [4.78, 5) is 32.3. The van der Waals surface area contributed by atoms with Gasteiger partial charge in [0.25, 0.3) is 5.78 Å². The Kier molecular flexibility index (Phi) is 5.04. The number of hydrogen-bond acceptors (Lipinski definition) is 5. The number of hydrogen-bond donors (Lipinski definition) is 1. The standard InChI is InChI=1S/C25H17ClN2O3S/c1-14-7-9-16(10-8-14)22(29)20-21(15-5-3-2-4-6-15)28(24(31)23(20)30)25-27-18-12-11-17(26)13-19(18)32-25/h2-13,21,29H,1H3. The molecule has 0 aliphatic carbocycles. The van der Waals surface area contributed by atoms with E-state index in [1.807, 2.05) is 49.4 Å². The molecule has 7 heteroatoms. The smallest absolute Gasteiger partial charge is 0.301 e. The summed E-state index contributed by atoms with van der Waals surface area (Å²) in [5.74, 6) is -1.67. The minimum absolute atomic E-state index is 0.0438. The lowest BCUT2D eigenvalue weighted by molar-refractivity contribution is -0.132. The third kappa shape index (κ3) is 3.38. The lowest BCUT2D eigenvalue weighted by Crippen LogP contribution is -2.29. The second-order valence-electron chi connectivity index (χ2n) is 7.55. The van der Waals surface area contributed by atoms with Gasteiger partial charge in [0.1, 0.15) is 5.76 Å². The van der Waals surface area contributed by atoms with E-state index >= 15 is 0 Å². The summed E-state index contributed by atoms with van der Waals surface area (Å²) in [6.45, 7) is 1.94. The van der Waals surface area contributed by atoms with Gasteiger partial charge in [-0.25, -0.2) is 4.98 Å². The number of thiazole rings is 1. The lowest BCUT2D eigenvalue weighted by atomic mass is 9.95. The Morgan fingerprint density at radius 2 is 1.75 bits per heavy atom. The van der Waals surface area contributed by atoms with Crippen molar-refractivity contribution in [2.45, 2.75) is 13.0 Å². The highest BCUT2D eigenvalue weighted by Crippen LogP contribution is 2.44. The number of Topliss-reactive ketones (excluding diaryl/α,β-unsaturated/α-hetero) is 1. The van der Waals surface area contributed by atoms with Gasteiger partial charge in [-0.3, -0.25) is 14.5 Å². The number of benzene rings is 3. The molecule has 4 aromatic rings. The van der Waals surface area contributed by atoms with Crippen molar-refractivity contribution in [3.63, 3.8) is 0 Å². The van der Waals surface area contributed by atoms with E-state index in [2.05, 4.69) is 4.98 Å². The molecule has 1 aliphatic heterocycles. The van der Waals surface area contributed by atoms with Gasteiger partial charge >= 0.3 is 5.91 Å². The quantitative estimate of drug-likeness (QED) is 0.235. The maximum atomic E-state index is 13.2. The number of aromatic nitrogens is 1. The van der Waals surface area contributed by atoms with Gasteiger partial charge in [-0.05, 0) is 30.7 Å². The molecular weight excluding hydrogens is 444 g/mol. The van der Waals surface area contributed by atoms with E-state index in [-0.39, 0.29) is 11.3 Å². The molecule has 1 aliphatic rings. The van der Waals surface area contributed by atoms with Gasteiger partial charge in [-0.15, -0.1) is 0 Å². The SMILES string of the molecule is Cc1ccc(C(O)=C2C(=O)C(=O)N(c3nc4ccc(Cl)cc4s3)C2c2ccccc2)cc1. The van der Waals surface area contributed by atoms with Crippen LogP contribution < -0.4 is 4.90 Å². The van der Waals surface area contributed by atoms with Crippen LogP contribution in [0.15, 0.2) is 78.4 Å². The van der Waals surface area contributed by atoms with Gasteiger partial charge in [0.15, 0.2) is 5.13 Å². The predicted molar refractivity (Wildman–Crippen MR) is 127 cm³/mol. The molecule has 0 spiro atoms. The number of fused-ring (bicyclic) bond motifs is 1. The molecular formula is C25H17ClN2O3S. The third-order valence-corrected chi connectivity index (χ3v) is 6.68. The van der Waals surface area contributed by atoms with Crippen molar-refractivity contribution >= 4 is 55.7 Å². The molecule has 1 saturated heterocycles. The summed E-state index contributed by atoms with van der Waals surface area (Å²) in [6, 6.07) is 20.8. The number of anilines is 1. The fourth-order valence-corrected chi connectivity index (χ4v) is 5.11. The van der Waals surface area contributed by atoms with Gasteiger partial charge in [0.2, 0.25) is 0 Å². The largest absolute Gasteiger partial charge is 0.507 e. The zero-order chi connectivity index (χ0) is 22.4. The Balaban J connectivity index is 1.72. The monoisotopic (exact) mass is 460 g/mol. The number of rotatable bonds is 3. The van der Waals surface area contributed by atoms with Crippen molar-refractivity contribution in [3.05, 3.63) is 100 Å². The van der Waals surface area contributed by atoms with Crippen LogP contribution in [0, 0.1) is 6.92 Å². The van der Waals surface area contributed by atoms with Crippen LogP contribution in [-0.2, 0) is 9.59 Å². The molecule has 0 bridgehead atoms. The van der Waals surface area contributed by atoms with Gasteiger partial charge in [0, 0.05) is 10.6 Å². The maximum absolute atomic E-state index is 13.2. The number of carbonyl (C=O) groups excluding carboxylic acids is 2. The second-order valence-corrected chi connectivity index (χ2v) is 9.00. The molecule has 1 atom stereocenters. The van der Waals surface area contributed by atoms with Gasteiger partial charge in [-0.2, -0.15) is 0 Å². The van der Waals surface area contributed by atoms with Crippen LogP contribution in [0.4, 0.5) is 5.13 Å². The number of nitrogens with zero attached hydrogens (tertiary/aromatic N) is 2. The molecule has 5 rings (SSSR count). The van der Waals surface area contributed by atoms with Crippen molar-refractivity contribution in [2.24, 2.45) is 0 Å². The lowest BCUT2D eigenvalue weighted by Gasteiger charge is -2.22. The molecule has 1 unspecified atom stereocenters. The Bertz CT molecular complexity index is 1390. The second kappa shape index (κ2) is 7.89. The predicted octanol–water partition coefficient (Wildman–Crippen LogP) is 5.88. The van der Waals surface area contributed by atoms with Crippen LogP contribution in [0.5, 0.6) is 0 Å². The Morgan fingerprint density at radius 1 is 1.03 bits per heavy atom. The first-order chi connectivity index (χ1) is 15.4. The topological polar surface area (TPSA) is 70.5 Å².